The molecule has 1 nitrogen and oxygen atoms in total. The molecule has 1 fully saturated rings. The molecule has 0 spiro atoms. The van der Waals surface area contributed by atoms with E-state index in [1.807, 2.05) is 19.9 Å². The predicted molar refractivity (Wildman–Crippen MR) is 71.4 cm³/mol. The summed E-state index contributed by atoms with van der Waals surface area (Å²) in [4.78, 5) is 12.2. The average molecular weight is 248 g/mol. The van der Waals surface area contributed by atoms with Crippen molar-refractivity contribution in [3.63, 3.8) is 0 Å². The van der Waals surface area contributed by atoms with Crippen molar-refractivity contribution in [3.8, 4) is 0 Å². The zero-order valence-corrected chi connectivity index (χ0v) is 11.3. The van der Waals surface area contributed by atoms with E-state index in [1.165, 1.54) is 25.3 Å². The summed E-state index contributed by atoms with van der Waals surface area (Å²) in [6.45, 7) is 3.68. The second-order valence-electron chi connectivity index (χ2n) is 5.57. The Morgan fingerprint density at radius 2 is 1.89 bits per heavy atom. The summed E-state index contributed by atoms with van der Waals surface area (Å²) in [7, 11) is 0. The van der Waals surface area contributed by atoms with Crippen LogP contribution in [-0.2, 0) is 0 Å². The summed E-state index contributed by atoms with van der Waals surface area (Å²) in [5.74, 6) is 0.0940. The minimum Gasteiger partial charge on any atom is -0.294 e. The first-order valence-electron chi connectivity index (χ1n) is 6.88. The van der Waals surface area contributed by atoms with Crippen LogP contribution in [0, 0.1) is 25.6 Å². The first kappa shape index (κ1) is 13.3. The Labute approximate surface area is 108 Å². The Bertz CT molecular complexity index is 421. The number of benzene rings is 1. The smallest absolute Gasteiger partial charge is 0.166 e. The Morgan fingerprint density at radius 1 is 1.22 bits per heavy atom. The molecule has 1 aromatic rings. The molecule has 0 saturated heterocycles. The minimum atomic E-state index is -0.353. The van der Waals surface area contributed by atoms with Crippen LogP contribution >= 0.6 is 0 Å². The second kappa shape index (κ2) is 5.64. The van der Waals surface area contributed by atoms with Crippen molar-refractivity contribution in [2.24, 2.45) is 5.92 Å². The van der Waals surface area contributed by atoms with Gasteiger partial charge in [0.25, 0.3) is 0 Å². The molecule has 1 saturated carbocycles. The first-order chi connectivity index (χ1) is 8.58. The molecule has 0 amide bonds. The maximum absolute atomic E-state index is 13.9. The summed E-state index contributed by atoms with van der Waals surface area (Å²) in [5, 5.41) is 0. The van der Waals surface area contributed by atoms with E-state index in [2.05, 4.69) is 0 Å². The molecule has 1 aromatic carbocycles. The van der Waals surface area contributed by atoms with Crippen LogP contribution < -0.4 is 0 Å². The van der Waals surface area contributed by atoms with Gasteiger partial charge in [-0.25, -0.2) is 4.39 Å². The zero-order valence-electron chi connectivity index (χ0n) is 11.3. The van der Waals surface area contributed by atoms with E-state index in [0.29, 0.717) is 17.9 Å². The lowest BCUT2D eigenvalue weighted by Gasteiger charge is -2.21. The van der Waals surface area contributed by atoms with Gasteiger partial charge in [-0.15, -0.1) is 0 Å². The lowest BCUT2D eigenvalue weighted by Crippen LogP contribution is -2.14. The highest BCUT2D eigenvalue weighted by molar-refractivity contribution is 5.97. The fourth-order valence-electron chi connectivity index (χ4n) is 3.02. The van der Waals surface area contributed by atoms with Crippen LogP contribution in [-0.4, -0.2) is 5.78 Å². The van der Waals surface area contributed by atoms with Crippen molar-refractivity contribution < 1.29 is 9.18 Å². The molecule has 0 aliphatic heterocycles. The Morgan fingerprint density at radius 3 is 2.50 bits per heavy atom. The second-order valence-corrected chi connectivity index (χ2v) is 5.57. The zero-order chi connectivity index (χ0) is 13.1. The average Bonchev–Trinajstić information content (AvgIpc) is 2.28. The SMILES string of the molecule is Cc1cc(C)c(C(=O)CC2CCCCC2)c(F)c1. The molecule has 0 atom stereocenters. The molecule has 0 unspecified atom stereocenters. The number of carbonyl (C=O) groups excluding carboxylic acids is 1. The number of hydrogen-bond acceptors (Lipinski definition) is 1. The van der Waals surface area contributed by atoms with Gasteiger partial charge in [-0.2, -0.15) is 0 Å². The minimum absolute atomic E-state index is 0.0168. The van der Waals surface area contributed by atoms with Gasteiger partial charge in [0.15, 0.2) is 5.78 Å². The fourth-order valence-corrected chi connectivity index (χ4v) is 3.02. The van der Waals surface area contributed by atoms with E-state index < -0.39 is 0 Å². The first-order valence-corrected chi connectivity index (χ1v) is 6.88. The van der Waals surface area contributed by atoms with Crippen molar-refractivity contribution >= 4 is 5.78 Å². The summed E-state index contributed by atoms with van der Waals surface area (Å²) >= 11 is 0. The molecule has 2 rings (SSSR count). The van der Waals surface area contributed by atoms with Gasteiger partial charge in [0.2, 0.25) is 0 Å². The maximum Gasteiger partial charge on any atom is 0.166 e. The Balaban J connectivity index is 2.13. The van der Waals surface area contributed by atoms with E-state index in [9.17, 15) is 9.18 Å². The van der Waals surface area contributed by atoms with Crippen molar-refractivity contribution in [3.05, 3.63) is 34.6 Å². The third-order valence-corrected chi connectivity index (χ3v) is 3.91. The van der Waals surface area contributed by atoms with E-state index in [1.54, 1.807) is 0 Å². The van der Waals surface area contributed by atoms with Gasteiger partial charge in [-0.05, 0) is 37.0 Å². The predicted octanol–water partition coefficient (Wildman–Crippen LogP) is 4.60. The lowest BCUT2D eigenvalue weighted by molar-refractivity contribution is 0.0945. The van der Waals surface area contributed by atoms with Gasteiger partial charge in [-0.3, -0.25) is 4.79 Å². The van der Waals surface area contributed by atoms with Gasteiger partial charge in [0, 0.05) is 6.42 Å². The standard InChI is InChI=1S/C16H21FO/c1-11-8-12(2)16(14(17)9-11)15(18)10-13-6-4-3-5-7-13/h8-9,13H,3-7,10H2,1-2H3. The van der Waals surface area contributed by atoms with E-state index in [-0.39, 0.29) is 11.6 Å². The normalized spacial score (nSPS) is 16.8. The van der Waals surface area contributed by atoms with Crippen molar-refractivity contribution in [1.29, 1.82) is 0 Å². The van der Waals surface area contributed by atoms with Gasteiger partial charge < -0.3 is 0 Å². The molecule has 0 radical (unpaired) electrons. The number of aryl methyl sites for hydroxylation is 2. The number of Topliss-reactive ketones (excluding diaryl/α,β-unsaturated/α-hetero) is 1. The quantitative estimate of drug-likeness (QED) is 0.715. The van der Waals surface area contributed by atoms with E-state index in [0.717, 1.165) is 24.0 Å². The third kappa shape index (κ3) is 2.98. The topological polar surface area (TPSA) is 17.1 Å². The van der Waals surface area contributed by atoms with Gasteiger partial charge in [0.1, 0.15) is 5.82 Å². The highest BCUT2D eigenvalue weighted by Gasteiger charge is 2.21. The van der Waals surface area contributed by atoms with Crippen molar-refractivity contribution in [2.45, 2.75) is 52.4 Å². The van der Waals surface area contributed by atoms with Crippen LogP contribution in [0.15, 0.2) is 12.1 Å². The summed E-state index contributed by atoms with van der Waals surface area (Å²) in [6.07, 6.45) is 6.47. The molecule has 1 aliphatic rings. The van der Waals surface area contributed by atoms with E-state index >= 15 is 0 Å². The molecule has 0 aromatic heterocycles. The number of hydrogen-bond donors (Lipinski definition) is 0. The third-order valence-electron chi connectivity index (χ3n) is 3.91. The van der Waals surface area contributed by atoms with Gasteiger partial charge >= 0.3 is 0 Å². The summed E-state index contributed by atoms with van der Waals surface area (Å²) in [6, 6.07) is 3.35. The Kier molecular flexibility index (Phi) is 4.15. The highest BCUT2D eigenvalue weighted by Crippen LogP contribution is 2.28. The molecule has 0 bridgehead atoms. The van der Waals surface area contributed by atoms with E-state index in [4.69, 9.17) is 0 Å². The molecular weight excluding hydrogens is 227 g/mol. The number of halogens is 1. The molecular formula is C16H21FO. The lowest BCUT2D eigenvalue weighted by atomic mass is 9.84. The number of carbonyl (C=O) groups is 1. The number of rotatable bonds is 3. The largest absolute Gasteiger partial charge is 0.294 e. The molecule has 2 heteroatoms. The maximum atomic E-state index is 13.9. The summed E-state index contributed by atoms with van der Waals surface area (Å²) < 4.78 is 13.9. The molecule has 18 heavy (non-hydrogen) atoms. The van der Waals surface area contributed by atoms with Crippen molar-refractivity contribution in [1.82, 2.24) is 0 Å². The number of ketones is 1. The van der Waals surface area contributed by atoms with Crippen LogP contribution in [0.25, 0.3) is 0 Å². The highest BCUT2D eigenvalue weighted by atomic mass is 19.1. The van der Waals surface area contributed by atoms with Crippen molar-refractivity contribution in [2.75, 3.05) is 0 Å². The molecule has 1 aliphatic carbocycles. The monoisotopic (exact) mass is 248 g/mol. The molecule has 98 valence electrons. The summed E-state index contributed by atoms with van der Waals surface area (Å²) in [5.41, 5.74) is 1.96. The van der Waals surface area contributed by atoms with Crippen LogP contribution in [0.4, 0.5) is 4.39 Å². The van der Waals surface area contributed by atoms with Crippen LogP contribution in [0.5, 0.6) is 0 Å². The van der Waals surface area contributed by atoms with Crippen LogP contribution in [0.1, 0.15) is 60.0 Å². The molecule has 0 N–H and O–H groups in total. The Hall–Kier alpha value is -1.18. The fraction of sp³-hybridized carbons (Fsp3) is 0.562. The van der Waals surface area contributed by atoms with Crippen LogP contribution in [0.3, 0.4) is 0 Å². The van der Waals surface area contributed by atoms with Gasteiger partial charge in [-0.1, -0.05) is 38.2 Å². The van der Waals surface area contributed by atoms with Gasteiger partial charge in [0.05, 0.1) is 5.56 Å². The van der Waals surface area contributed by atoms with Crippen LogP contribution in [0.2, 0.25) is 0 Å². The molecule has 0 heterocycles.